The van der Waals surface area contributed by atoms with E-state index in [1.165, 1.54) is 18.2 Å². The van der Waals surface area contributed by atoms with Gasteiger partial charge in [0.15, 0.2) is 23.3 Å². The molecule has 9 nitrogen and oxygen atoms in total. The van der Waals surface area contributed by atoms with Crippen LogP contribution in [-0.2, 0) is 33.6 Å². The zero-order valence-corrected chi connectivity index (χ0v) is 23.6. The van der Waals surface area contributed by atoms with Gasteiger partial charge in [0.05, 0.1) is 5.75 Å². The number of allylic oxidation sites excluding steroid dienone is 1. The Morgan fingerprint density at radius 3 is 2.38 bits per heavy atom. The van der Waals surface area contributed by atoms with Crippen LogP contribution in [0.2, 0.25) is 0 Å². The fraction of sp³-hybridized carbons (Fsp3) is 0.276. The summed E-state index contributed by atoms with van der Waals surface area (Å²) in [4.78, 5) is 12.3. The summed E-state index contributed by atoms with van der Waals surface area (Å²) in [5.41, 5.74) is 1.02. The summed E-state index contributed by atoms with van der Waals surface area (Å²) in [6.07, 6.45) is -2.88. The molecule has 1 aliphatic carbocycles. The molecule has 2 aromatic carbocycles. The maximum absolute atomic E-state index is 14.2. The Kier molecular flexibility index (Phi) is 9.02. The van der Waals surface area contributed by atoms with Crippen LogP contribution >= 0.6 is 0 Å². The molecule has 42 heavy (non-hydrogen) atoms. The van der Waals surface area contributed by atoms with Crippen molar-refractivity contribution >= 4 is 15.7 Å². The maximum Gasteiger partial charge on any atom is 0.422 e. The van der Waals surface area contributed by atoms with E-state index in [4.69, 9.17) is 9.05 Å². The molecule has 2 N–H and O–H groups in total. The number of aliphatic hydroxyl groups is 1. The molecular weight excluding hydrogens is 575 g/mol. The lowest BCUT2D eigenvalue weighted by molar-refractivity contribution is -0.137. The highest BCUT2D eigenvalue weighted by molar-refractivity contribution is 7.90. The molecule has 0 bridgehead atoms. The summed E-state index contributed by atoms with van der Waals surface area (Å²) >= 11 is 0. The second-order valence-electron chi connectivity index (χ2n) is 9.59. The van der Waals surface area contributed by atoms with Gasteiger partial charge in [-0.2, -0.15) is 13.2 Å². The van der Waals surface area contributed by atoms with Crippen molar-refractivity contribution in [3.8, 4) is 34.0 Å². The molecule has 2 heterocycles. The lowest BCUT2D eigenvalue weighted by Crippen LogP contribution is -2.33. The number of hydrogen-bond acceptors (Lipinski definition) is 8. The zero-order chi connectivity index (χ0) is 30.7. The van der Waals surface area contributed by atoms with Crippen molar-refractivity contribution in [2.75, 3.05) is 18.6 Å². The molecule has 0 spiro atoms. The minimum Gasteiger partial charge on any atom is -0.378 e. The van der Waals surface area contributed by atoms with E-state index in [2.05, 4.69) is 22.2 Å². The van der Waals surface area contributed by atoms with E-state index in [-0.39, 0.29) is 35.6 Å². The molecular formula is C29H28F3N3O6S. The van der Waals surface area contributed by atoms with Crippen molar-refractivity contribution in [3.63, 3.8) is 0 Å². The number of alkyl halides is 3. The van der Waals surface area contributed by atoms with Gasteiger partial charge in [-0.15, -0.1) is 6.58 Å². The molecule has 1 aliphatic rings. The van der Waals surface area contributed by atoms with Crippen molar-refractivity contribution in [3.05, 3.63) is 83.4 Å². The highest BCUT2D eigenvalue weighted by atomic mass is 32.2. The Morgan fingerprint density at radius 2 is 1.74 bits per heavy atom. The molecule has 2 aromatic heterocycles. The molecule has 0 saturated heterocycles. The standard InChI is InChI=1S/C26H22F3N3O6S.C3H6/c1-39(35,36)12-11-30-25(34)22(33)16-8-9-17-15(13-16)7-10-18-20(17)31-38-24(18)21-19(26(27,28)29)23(37-32-21)14-5-3-2-4-6-14;1-3-2/h2-6,8-9,13,22,33H,7,10-12H2,1H3,(H,30,34);3H,1H2,2H3. The number of nitrogens with one attached hydrogen (secondary N) is 1. The van der Waals surface area contributed by atoms with Crippen LogP contribution in [0.4, 0.5) is 13.2 Å². The number of rotatable bonds is 7. The molecule has 0 radical (unpaired) electrons. The Labute approximate surface area is 239 Å². The second-order valence-corrected chi connectivity index (χ2v) is 11.8. The number of halogens is 3. The maximum atomic E-state index is 14.2. The molecule has 0 fully saturated rings. The third-order valence-corrected chi connectivity index (χ3v) is 7.33. The van der Waals surface area contributed by atoms with E-state index in [0.717, 1.165) is 6.26 Å². The Morgan fingerprint density at radius 1 is 1.10 bits per heavy atom. The number of aryl methyl sites for hydroxylation is 1. The highest BCUT2D eigenvalue weighted by Crippen LogP contribution is 2.46. The minimum atomic E-state index is -4.78. The third kappa shape index (κ3) is 6.63. The van der Waals surface area contributed by atoms with E-state index in [9.17, 15) is 31.5 Å². The number of amides is 1. The van der Waals surface area contributed by atoms with Gasteiger partial charge in [-0.3, -0.25) is 4.79 Å². The molecule has 4 aromatic rings. The third-order valence-electron chi connectivity index (χ3n) is 6.38. The van der Waals surface area contributed by atoms with Crippen molar-refractivity contribution in [2.45, 2.75) is 32.0 Å². The quantitative estimate of drug-likeness (QED) is 0.276. The first-order chi connectivity index (χ1) is 19.9. The summed E-state index contributed by atoms with van der Waals surface area (Å²) in [6, 6.07) is 12.5. The number of benzene rings is 2. The van der Waals surface area contributed by atoms with Crippen LogP contribution in [0.25, 0.3) is 34.0 Å². The summed E-state index contributed by atoms with van der Waals surface area (Å²) in [5, 5.41) is 20.6. The highest BCUT2D eigenvalue weighted by Gasteiger charge is 2.43. The van der Waals surface area contributed by atoms with Gasteiger partial charge in [-0.1, -0.05) is 64.9 Å². The minimum absolute atomic E-state index is 0.136. The predicted molar refractivity (Wildman–Crippen MR) is 149 cm³/mol. The van der Waals surface area contributed by atoms with Crippen molar-refractivity contribution in [1.82, 2.24) is 15.6 Å². The van der Waals surface area contributed by atoms with E-state index >= 15 is 0 Å². The Hall–Kier alpha value is -4.23. The van der Waals surface area contributed by atoms with Gasteiger partial charge in [0.2, 0.25) is 0 Å². The number of hydrogen-bond donors (Lipinski definition) is 2. The van der Waals surface area contributed by atoms with Crippen molar-refractivity contribution < 1.29 is 40.5 Å². The SMILES string of the molecule is C=CC.CS(=O)(=O)CCNC(=O)C(O)c1ccc2c(c1)CCc1c-2noc1-c1noc(-c2ccccc2)c1C(F)(F)F. The summed E-state index contributed by atoms with van der Waals surface area (Å²) < 4.78 is 75.5. The zero-order valence-electron chi connectivity index (χ0n) is 22.7. The number of aliphatic hydroxyl groups excluding tert-OH is 1. The van der Waals surface area contributed by atoms with Crippen LogP contribution in [0.1, 0.15) is 35.3 Å². The normalized spacial score (nSPS) is 13.3. The van der Waals surface area contributed by atoms with E-state index in [0.29, 0.717) is 28.8 Å². The van der Waals surface area contributed by atoms with Gasteiger partial charge in [0.1, 0.15) is 21.1 Å². The van der Waals surface area contributed by atoms with Gasteiger partial charge in [0.25, 0.3) is 5.91 Å². The topological polar surface area (TPSA) is 136 Å². The molecule has 0 saturated carbocycles. The smallest absolute Gasteiger partial charge is 0.378 e. The molecule has 5 rings (SSSR count). The number of aromatic nitrogens is 2. The van der Waals surface area contributed by atoms with E-state index < -0.39 is 45.0 Å². The summed E-state index contributed by atoms with van der Waals surface area (Å²) in [7, 11) is -3.28. The van der Waals surface area contributed by atoms with Crippen LogP contribution in [0.15, 0.2) is 70.2 Å². The molecule has 1 unspecified atom stereocenters. The Balaban J connectivity index is 0.00000129. The number of sulfone groups is 1. The number of nitrogens with zero attached hydrogens (tertiary/aromatic N) is 2. The lowest BCUT2D eigenvalue weighted by atomic mass is 9.86. The largest absolute Gasteiger partial charge is 0.422 e. The van der Waals surface area contributed by atoms with E-state index in [1.54, 1.807) is 36.4 Å². The molecule has 1 atom stereocenters. The van der Waals surface area contributed by atoms with Gasteiger partial charge < -0.3 is 19.5 Å². The number of fused-ring (bicyclic) bond motifs is 3. The van der Waals surface area contributed by atoms with Crippen LogP contribution in [0.5, 0.6) is 0 Å². The first-order valence-electron chi connectivity index (χ1n) is 12.8. The lowest BCUT2D eigenvalue weighted by Gasteiger charge is -2.18. The van der Waals surface area contributed by atoms with Crippen LogP contribution in [-0.4, -0.2) is 48.3 Å². The second kappa shape index (κ2) is 12.3. The number of carbonyl (C=O) groups is 1. The van der Waals surface area contributed by atoms with Crippen LogP contribution in [0, 0.1) is 0 Å². The van der Waals surface area contributed by atoms with Gasteiger partial charge in [-0.05, 0) is 30.9 Å². The fourth-order valence-electron chi connectivity index (χ4n) is 4.52. The monoisotopic (exact) mass is 603 g/mol. The summed E-state index contributed by atoms with van der Waals surface area (Å²) in [5.74, 6) is -1.57. The average molecular weight is 604 g/mol. The van der Waals surface area contributed by atoms with Crippen LogP contribution < -0.4 is 5.32 Å². The Bertz CT molecular complexity index is 1700. The first-order valence-corrected chi connectivity index (χ1v) is 14.9. The number of carbonyl (C=O) groups excluding carboxylic acids is 1. The van der Waals surface area contributed by atoms with Crippen molar-refractivity contribution in [2.24, 2.45) is 0 Å². The molecule has 0 aliphatic heterocycles. The summed E-state index contributed by atoms with van der Waals surface area (Å²) in [6.45, 7) is 5.11. The molecule has 13 heteroatoms. The average Bonchev–Trinajstić information content (AvgIpc) is 3.57. The van der Waals surface area contributed by atoms with Gasteiger partial charge in [0, 0.05) is 29.5 Å². The molecule has 222 valence electrons. The predicted octanol–water partition coefficient (Wildman–Crippen LogP) is 5.17. The first kappa shape index (κ1) is 30.7. The fourth-order valence-corrected chi connectivity index (χ4v) is 5.00. The molecule has 1 amide bonds. The van der Waals surface area contributed by atoms with E-state index in [1.807, 2.05) is 6.92 Å². The van der Waals surface area contributed by atoms with Crippen molar-refractivity contribution in [1.29, 1.82) is 0 Å². The van der Waals surface area contributed by atoms with Gasteiger partial charge in [-0.25, -0.2) is 8.42 Å². The van der Waals surface area contributed by atoms with Crippen LogP contribution in [0.3, 0.4) is 0 Å². The van der Waals surface area contributed by atoms with Gasteiger partial charge >= 0.3 is 6.18 Å².